The Morgan fingerprint density at radius 1 is 1.62 bits per heavy atom. The molecule has 0 saturated heterocycles. The van der Waals surface area contributed by atoms with Gasteiger partial charge in [-0.05, 0) is 36.5 Å². The van der Waals surface area contributed by atoms with Crippen molar-refractivity contribution in [1.82, 2.24) is 0 Å². The quantitative estimate of drug-likeness (QED) is 0.583. The lowest BCUT2D eigenvalue weighted by Crippen LogP contribution is -2.47. The third-order valence-electron chi connectivity index (χ3n) is 4.03. The van der Waals surface area contributed by atoms with Gasteiger partial charge in [-0.1, -0.05) is 43.2 Å². The molecule has 2 atom stereocenters. The van der Waals surface area contributed by atoms with Gasteiger partial charge in [-0.3, -0.25) is 0 Å². The number of allylic oxidation sites excluding steroid dienone is 3. The average Bonchev–Trinajstić information content (AvgIpc) is 2.14. The fourth-order valence-corrected chi connectivity index (χ4v) is 2.98. The monoisotopic (exact) mass is 196 g/mol. The van der Waals surface area contributed by atoms with Crippen LogP contribution < -0.4 is 0 Å². The highest BCUT2D eigenvalue weighted by Gasteiger charge is 2.50. The van der Waals surface area contributed by atoms with Crippen LogP contribution >= 0.6 is 11.6 Å². The number of hydrogen-bond acceptors (Lipinski definition) is 0. The van der Waals surface area contributed by atoms with E-state index in [1.54, 1.807) is 11.1 Å². The molecule has 13 heavy (non-hydrogen) atoms. The minimum atomic E-state index is 0.560. The molecule has 0 aromatic rings. The normalized spacial score (nSPS) is 35.8. The Morgan fingerprint density at radius 3 is 2.92 bits per heavy atom. The van der Waals surface area contributed by atoms with Crippen molar-refractivity contribution in [3.63, 3.8) is 0 Å². The standard InChI is InChI=1S/C12H17Cl/c1-12(2)10-6-5-9(4-3-7-13)11(12)8-10/h3,5,7,10-11H,4,6,8H2,1-2H3/b7-3-/t10-,11+/m0/s1. The van der Waals surface area contributed by atoms with Crippen molar-refractivity contribution in [3.8, 4) is 0 Å². The topological polar surface area (TPSA) is 0 Å². The Labute approximate surface area is 85.7 Å². The van der Waals surface area contributed by atoms with Gasteiger partial charge in [0.25, 0.3) is 0 Å². The Bertz CT molecular complexity index is 260. The van der Waals surface area contributed by atoms with Crippen LogP contribution in [0.15, 0.2) is 23.3 Å². The van der Waals surface area contributed by atoms with Crippen molar-refractivity contribution < 1.29 is 0 Å². The van der Waals surface area contributed by atoms with Crippen LogP contribution in [0.5, 0.6) is 0 Å². The molecule has 3 rings (SSSR count). The minimum Gasteiger partial charge on any atom is -0.0933 e. The summed E-state index contributed by atoms with van der Waals surface area (Å²) in [4.78, 5) is 0. The highest BCUT2D eigenvalue weighted by atomic mass is 35.5. The van der Waals surface area contributed by atoms with Gasteiger partial charge in [-0.15, -0.1) is 0 Å². The maximum atomic E-state index is 5.54. The summed E-state index contributed by atoms with van der Waals surface area (Å²) < 4.78 is 0. The van der Waals surface area contributed by atoms with Crippen LogP contribution in [-0.4, -0.2) is 0 Å². The second-order valence-electron chi connectivity index (χ2n) is 4.89. The van der Waals surface area contributed by atoms with E-state index >= 15 is 0 Å². The van der Waals surface area contributed by atoms with Gasteiger partial charge in [-0.25, -0.2) is 0 Å². The Balaban J connectivity index is 2.09. The SMILES string of the molecule is CC1(C)[C@H]2CC=C(C/C=C\Cl)[C@H]1C2. The van der Waals surface area contributed by atoms with Crippen molar-refractivity contribution >= 4 is 11.6 Å². The summed E-state index contributed by atoms with van der Waals surface area (Å²) in [7, 11) is 0. The molecular weight excluding hydrogens is 180 g/mol. The lowest BCUT2D eigenvalue weighted by atomic mass is 9.48. The van der Waals surface area contributed by atoms with Gasteiger partial charge in [-0.2, -0.15) is 0 Å². The molecule has 2 bridgehead atoms. The third-order valence-corrected chi connectivity index (χ3v) is 4.20. The van der Waals surface area contributed by atoms with Gasteiger partial charge in [0.05, 0.1) is 0 Å². The molecule has 0 nitrogen and oxygen atoms in total. The molecule has 0 aliphatic heterocycles. The maximum absolute atomic E-state index is 5.54. The van der Waals surface area contributed by atoms with E-state index in [0.717, 1.165) is 18.3 Å². The largest absolute Gasteiger partial charge is 0.0933 e. The van der Waals surface area contributed by atoms with E-state index in [2.05, 4.69) is 26.0 Å². The van der Waals surface area contributed by atoms with Crippen LogP contribution in [0.3, 0.4) is 0 Å². The summed E-state index contributed by atoms with van der Waals surface area (Å²) in [5.74, 6) is 1.78. The summed E-state index contributed by atoms with van der Waals surface area (Å²) in [5, 5.41) is 0. The fourth-order valence-electron chi connectivity index (χ4n) is 2.89. The second kappa shape index (κ2) is 3.16. The van der Waals surface area contributed by atoms with Crippen molar-refractivity contribution in [2.45, 2.75) is 33.1 Å². The molecule has 0 N–H and O–H groups in total. The highest BCUT2D eigenvalue weighted by Crippen LogP contribution is 2.59. The molecule has 1 fully saturated rings. The number of fused-ring (bicyclic) bond motifs is 1. The number of rotatable bonds is 2. The first kappa shape index (κ1) is 9.33. The van der Waals surface area contributed by atoms with Crippen LogP contribution in [0.1, 0.15) is 33.1 Å². The molecule has 1 saturated carbocycles. The highest BCUT2D eigenvalue weighted by molar-refractivity contribution is 6.25. The molecule has 0 spiro atoms. The summed E-state index contributed by atoms with van der Waals surface area (Å²) in [6.45, 7) is 4.81. The van der Waals surface area contributed by atoms with Crippen LogP contribution in [-0.2, 0) is 0 Å². The van der Waals surface area contributed by atoms with Gasteiger partial charge >= 0.3 is 0 Å². The zero-order valence-corrected chi connectivity index (χ0v) is 9.14. The van der Waals surface area contributed by atoms with Crippen molar-refractivity contribution in [2.24, 2.45) is 17.3 Å². The van der Waals surface area contributed by atoms with E-state index in [1.807, 2.05) is 0 Å². The van der Waals surface area contributed by atoms with Gasteiger partial charge in [0.1, 0.15) is 0 Å². The molecule has 0 unspecified atom stereocenters. The zero-order valence-electron chi connectivity index (χ0n) is 8.39. The molecule has 0 amide bonds. The molecule has 3 aliphatic rings. The Kier molecular flexibility index (Phi) is 2.27. The van der Waals surface area contributed by atoms with Crippen LogP contribution in [0.2, 0.25) is 0 Å². The predicted molar refractivity (Wildman–Crippen MR) is 57.7 cm³/mol. The summed E-state index contributed by atoms with van der Waals surface area (Å²) in [6, 6.07) is 0. The number of hydrogen-bond donors (Lipinski definition) is 0. The van der Waals surface area contributed by atoms with Crippen molar-refractivity contribution in [3.05, 3.63) is 23.3 Å². The molecule has 0 radical (unpaired) electrons. The van der Waals surface area contributed by atoms with Crippen LogP contribution in [0.25, 0.3) is 0 Å². The smallest absolute Gasteiger partial charge is 0.000568 e. The van der Waals surface area contributed by atoms with Crippen molar-refractivity contribution in [2.75, 3.05) is 0 Å². The molecule has 0 aromatic heterocycles. The van der Waals surface area contributed by atoms with Gasteiger partial charge in [0, 0.05) is 5.54 Å². The van der Waals surface area contributed by atoms with Crippen molar-refractivity contribution in [1.29, 1.82) is 0 Å². The fraction of sp³-hybridized carbons (Fsp3) is 0.667. The third kappa shape index (κ3) is 1.36. The zero-order chi connectivity index (χ0) is 9.47. The summed E-state index contributed by atoms with van der Waals surface area (Å²) in [6.07, 6.45) is 8.25. The van der Waals surface area contributed by atoms with Gasteiger partial charge in [0.15, 0.2) is 0 Å². The van der Waals surface area contributed by atoms with Crippen LogP contribution in [0, 0.1) is 17.3 Å². The maximum Gasteiger partial charge on any atom is 0.000568 e. The first-order valence-electron chi connectivity index (χ1n) is 5.10. The van der Waals surface area contributed by atoms with E-state index < -0.39 is 0 Å². The average molecular weight is 197 g/mol. The Morgan fingerprint density at radius 2 is 2.38 bits per heavy atom. The first-order chi connectivity index (χ1) is 6.16. The molecule has 0 aromatic carbocycles. The lowest BCUT2D eigenvalue weighted by molar-refractivity contribution is -0.00719. The lowest BCUT2D eigenvalue weighted by Gasteiger charge is -2.56. The van der Waals surface area contributed by atoms with E-state index in [9.17, 15) is 0 Å². The van der Waals surface area contributed by atoms with Gasteiger partial charge < -0.3 is 0 Å². The first-order valence-corrected chi connectivity index (χ1v) is 5.54. The molecule has 0 heterocycles. The molecule has 72 valence electrons. The minimum absolute atomic E-state index is 0.560. The molecule has 3 aliphatic carbocycles. The summed E-state index contributed by atoms with van der Waals surface area (Å²) >= 11 is 5.54. The van der Waals surface area contributed by atoms with Gasteiger partial charge in [0.2, 0.25) is 0 Å². The van der Waals surface area contributed by atoms with Crippen LogP contribution in [0.4, 0.5) is 0 Å². The molecule has 1 heteroatoms. The van der Waals surface area contributed by atoms with E-state index in [1.165, 1.54) is 12.8 Å². The van der Waals surface area contributed by atoms with E-state index in [-0.39, 0.29) is 0 Å². The van der Waals surface area contributed by atoms with E-state index in [0.29, 0.717) is 5.41 Å². The second-order valence-corrected chi connectivity index (χ2v) is 5.14. The van der Waals surface area contributed by atoms with E-state index in [4.69, 9.17) is 11.6 Å². The Hall–Kier alpha value is -0.230. The predicted octanol–water partition coefficient (Wildman–Crippen LogP) is 4.12. The number of halogens is 1. The molecular formula is C12H17Cl. The summed E-state index contributed by atoms with van der Waals surface area (Å²) in [5.41, 5.74) is 3.81.